The number of nitriles is 1. The van der Waals surface area contributed by atoms with Crippen LogP contribution in [0.25, 0.3) is 0 Å². The minimum atomic E-state index is 0.208. The monoisotopic (exact) mass is 137 g/mol. The molecule has 0 amide bonds. The second-order valence-electron chi connectivity index (χ2n) is 2.63. The molecule has 0 aliphatic heterocycles. The predicted molar refractivity (Wildman–Crippen MR) is 38.1 cm³/mol. The molecule has 1 aliphatic rings. The minimum absolute atomic E-state index is 0.208. The molecular weight excluding hydrogens is 126 g/mol. The highest BCUT2D eigenvalue weighted by Crippen LogP contribution is 2.26. The van der Waals surface area contributed by atoms with Crippen molar-refractivity contribution < 1.29 is 5.11 Å². The van der Waals surface area contributed by atoms with Crippen molar-refractivity contribution in [2.24, 2.45) is 11.8 Å². The molecule has 0 bridgehead atoms. The zero-order valence-electron chi connectivity index (χ0n) is 5.83. The molecule has 0 fully saturated rings. The summed E-state index contributed by atoms with van der Waals surface area (Å²) in [5, 5.41) is 17.2. The first-order chi connectivity index (χ1) is 4.88. The van der Waals surface area contributed by atoms with Crippen molar-refractivity contribution in [2.75, 3.05) is 6.61 Å². The molecule has 0 aromatic rings. The van der Waals surface area contributed by atoms with Crippen LogP contribution in [-0.2, 0) is 0 Å². The average Bonchev–Trinajstić information content (AvgIpc) is 2.36. The van der Waals surface area contributed by atoms with Gasteiger partial charge in [0, 0.05) is 13.0 Å². The number of hydrogen-bond donors (Lipinski definition) is 1. The fourth-order valence-corrected chi connectivity index (χ4v) is 1.31. The van der Waals surface area contributed by atoms with Crippen molar-refractivity contribution in [1.82, 2.24) is 0 Å². The Morgan fingerprint density at radius 1 is 1.70 bits per heavy atom. The molecular formula is C8H11NO. The first kappa shape index (κ1) is 7.30. The van der Waals surface area contributed by atoms with Crippen LogP contribution in [0.2, 0.25) is 0 Å². The van der Waals surface area contributed by atoms with Crippen LogP contribution in [0.1, 0.15) is 12.8 Å². The molecule has 2 nitrogen and oxygen atoms in total. The van der Waals surface area contributed by atoms with E-state index in [4.69, 9.17) is 10.4 Å². The molecule has 0 spiro atoms. The van der Waals surface area contributed by atoms with E-state index in [1.165, 1.54) is 0 Å². The Hall–Kier alpha value is -0.810. The SMILES string of the molecule is N#CC[C@@H]1C=CC[C@@H]1CO. The Labute approximate surface area is 60.8 Å². The van der Waals surface area contributed by atoms with E-state index in [2.05, 4.69) is 6.07 Å². The highest BCUT2D eigenvalue weighted by atomic mass is 16.3. The maximum Gasteiger partial charge on any atom is 0.0628 e. The number of hydrogen-bond acceptors (Lipinski definition) is 2. The highest BCUT2D eigenvalue weighted by molar-refractivity contribution is 5.03. The van der Waals surface area contributed by atoms with Gasteiger partial charge < -0.3 is 5.11 Å². The Bertz CT molecular complexity index is 169. The summed E-state index contributed by atoms with van der Waals surface area (Å²) in [5.41, 5.74) is 0. The van der Waals surface area contributed by atoms with E-state index >= 15 is 0 Å². The first-order valence-corrected chi connectivity index (χ1v) is 3.53. The second kappa shape index (κ2) is 3.38. The van der Waals surface area contributed by atoms with Crippen LogP contribution in [0, 0.1) is 23.2 Å². The van der Waals surface area contributed by atoms with E-state index < -0.39 is 0 Å². The molecule has 54 valence electrons. The van der Waals surface area contributed by atoms with Gasteiger partial charge in [0.25, 0.3) is 0 Å². The quantitative estimate of drug-likeness (QED) is 0.579. The number of rotatable bonds is 2. The largest absolute Gasteiger partial charge is 0.396 e. The molecule has 0 aromatic carbocycles. The van der Waals surface area contributed by atoms with E-state index in [9.17, 15) is 0 Å². The summed E-state index contributed by atoms with van der Waals surface area (Å²) in [5.74, 6) is 0.606. The van der Waals surface area contributed by atoms with Gasteiger partial charge in [-0.25, -0.2) is 0 Å². The van der Waals surface area contributed by atoms with E-state index in [1.54, 1.807) is 0 Å². The van der Waals surface area contributed by atoms with Crippen molar-refractivity contribution in [1.29, 1.82) is 5.26 Å². The summed E-state index contributed by atoms with van der Waals surface area (Å²) in [4.78, 5) is 0. The Balaban J connectivity index is 2.42. The lowest BCUT2D eigenvalue weighted by atomic mass is 9.94. The summed E-state index contributed by atoms with van der Waals surface area (Å²) in [6.45, 7) is 0.208. The highest BCUT2D eigenvalue weighted by Gasteiger charge is 2.20. The predicted octanol–water partition coefficient (Wildman–Crippen LogP) is 1.08. The minimum Gasteiger partial charge on any atom is -0.396 e. The molecule has 0 heterocycles. The van der Waals surface area contributed by atoms with Gasteiger partial charge in [-0.1, -0.05) is 12.2 Å². The van der Waals surface area contributed by atoms with Gasteiger partial charge in [0.2, 0.25) is 0 Å². The Kier molecular flexibility index (Phi) is 2.47. The molecule has 1 rings (SSSR count). The molecule has 2 heteroatoms. The molecule has 0 aromatic heterocycles. The summed E-state index contributed by atoms with van der Waals surface area (Å²) in [6.07, 6.45) is 5.55. The van der Waals surface area contributed by atoms with Crippen LogP contribution in [0.5, 0.6) is 0 Å². The molecule has 1 N–H and O–H groups in total. The maximum absolute atomic E-state index is 8.81. The van der Waals surface area contributed by atoms with Crippen LogP contribution < -0.4 is 0 Å². The lowest BCUT2D eigenvalue weighted by Crippen LogP contribution is -2.11. The topological polar surface area (TPSA) is 44.0 Å². The van der Waals surface area contributed by atoms with Crippen LogP contribution in [-0.4, -0.2) is 11.7 Å². The maximum atomic E-state index is 8.81. The van der Waals surface area contributed by atoms with Gasteiger partial charge in [0.15, 0.2) is 0 Å². The molecule has 1 aliphatic carbocycles. The summed E-state index contributed by atoms with van der Waals surface area (Å²) in [7, 11) is 0. The van der Waals surface area contributed by atoms with Gasteiger partial charge in [-0.15, -0.1) is 0 Å². The van der Waals surface area contributed by atoms with Crippen molar-refractivity contribution in [2.45, 2.75) is 12.8 Å². The van der Waals surface area contributed by atoms with Gasteiger partial charge in [-0.3, -0.25) is 0 Å². The number of aliphatic hydroxyl groups is 1. The van der Waals surface area contributed by atoms with Crippen LogP contribution >= 0.6 is 0 Å². The summed E-state index contributed by atoms with van der Waals surface area (Å²) >= 11 is 0. The third-order valence-corrected chi connectivity index (χ3v) is 1.99. The van der Waals surface area contributed by atoms with Crippen molar-refractivity contribution in [3.8, 4) is 6.07 Å². The van der Waals surface area contributed by atoms with Crippen molar-refractivity contribution >= 4 is 0 Å². The molecule has 0 saturated carbocycles. The molecule has 2 atom stereocenters. The zero-order valence-corrected chi connectivity index (χ0v) is 5.83. The van der Waals surface area contributed by atoms with Crippen molar-refractivity contribution in [3.63, 3.8) is 0 Å². The normalized spacial score (nSPS) is 30.4. The van der Waals surface area contributed by atoms with Gasteiger partial charge in [0.05, 0.1) is 6.07 Å². The van der Waals surface area contributed by atoms with Crippen LogP contribution in [0.4, 0.5) is 0 Å². The Morgan fingerprint density at radius 2 is 2.50 bits per heavy atom. The fraction of sp³-hybridized carbons (Fsp3) is 0.625. The zero-order chi connectivity index (χ0) is 7.40. The molecule has 10 heavy (non-hydrogen) atoms. The lowest BCUT2D eigenvalue weighted by Gasteiger charge is -2.12. The summed E-state index contributed by atoms with van der Waals surface area (Å²) in [6, 6.07) is 2.11. The smallest absolute Gasteiger partial charge is 0.0628 e. The second-order valence-corrected chi connectivity index (χ2v) is 2.63. The molecule has 0 radical (unpaired) electrons. The first-order valence-electron chi connectivity index (χ1n) is 3.53. The lowest BCUT2D eigenvalue weighted by molar-refractivity contribution is 0.204. The van der Waals surface area contributed by atoms with Crippen molar-refractivity contribution in [3.05, 3.63) is 12.2 Å². The Morgan fingerprint density at radius 3 is 3.10 bits per heavy atom. The number of allylic oxidation sites excluding steroid dienone is 2. The standard InChI is InChI=1S/C8H11NO/c9-5-4-7-2-1-3-8(7)6-10/h1-2,7-8,10H,3-4,6H2/t7-,8+/m0/s1. The van der Waals surface area contributed by atoms with E-state index in [0.717, 1.165) is 6.42 Å². The number of nitrogens with zero attached hydrogens (tertiary/aromatic N) is 1. The average molecular weight is 137 g/mol. The van der Waals surface area contributed by atoms with Gasteiger partial charge in [-0.2, -0.15) is 5.26 Å². The molecule has 0 unspecified atom stereocenters. The van der Waals surface area contributed by atoms with Gasteiger partial charge in [-0.05, 0) is 18.3 Å². The van der Waals surface area contributed by atoms with E-state index in [-0.39, 0.29) is 6.61 Å². The fourth-order valence-electron chi connectivity index (χ4n) is 1.31. The molecule has 0 saturated heterocycles. The van der Waals surface area contributed by atoms with Gasteiger partial charge in [0.1, 0.15) is 0 Å². The van der Waals surface area contributed by atoms with E-state index in [0.29, 0.717) is 18.3 Å². The van der Waals surface area contributed by atoms with Crippen LogP contribution in [0.15, 0.2) is 12.2 Å². The number of aliphatic hydroxyl groups excluding tert-OH is 1. The summed E-state index contributed by atoms with van der Waals surface area (Å²) < 4.78 is 0. The third kappa shape index (κ3) is 1.37. The van der Waals surface area contributed by atoms with E-state index in [1.807, 2.05) is 12.2 Å². The van der Waals surface area contributed by atoms with Crippen LogP contribution in [0.3, 0.4) is 0 Å². The van der Waals surface area contributed by atoms with Gasteiger partial charge >= 0.3 is 0 Å². The third-order valence-electron chi connectivity index (χ3n) is 1.99.